The van der Waals surface area contributed by atoms with Crippen molar-refractivity contribution in [1.29, 1.82) is 5.26 Å². The van der Waals surface area contributed by atoms with Gasteiger partial charge >= 0.3 is 0 Å². The number of nitrogens with zero attached hydrogens (tertiary/aromatic N) is 1. The molecular formula is C18H16Cl2N2O2S. The number of carbonyl (C=O) groups excluding carboxylic acids is 1. The van der Waals surface area contributed by atoms with Gasteiger partial charge in [-0.1, -0.05) is 30.1 Å². The van der Waals surface area contributed by atoms with Crippen LogP contribution in [0.2, 0.25) is 10.0 Å². The number of fused-ring (bicyclic) bond motifs is 1. The van der Waals surface area contributed by atoms with Crippen molar-refractivity contribution in [1.82, 2.24) is 0 Å². The number of nitrogens with one attached hydrogen (secondary N) is 1. The van der Waals surface area contributed by atoms with Crippen LogP contribution in [0, 0.1) is 17.2 Å². The summed E-state index contributed by atoms with van der Waals surface area (Å²) in [5, 5.41) is 13.7. The molecule has 1 aliphatic rings. The standard InChI is InChI=1S/C18H16Cl2N2O2S/c1-10-2-4-12-13(8-21)18(25-16(12)6-10)22-17(23)9-24-15-5-3-11(19)7-14(15)20/h3,5,7,10H,2,4,6,9H2,1H3,(H,22,23)/t10-/m1/s1. The van der Waals surface area contributed by atoms with Crippen LogP contribution in [0.25, 0.3) is 0 Å². The quantitative estimate of drug-likeness (QED) is 0.786. The summed E-state index contributed by atoms with van der Waals surface area (Å²) in [6.45, 7) is 2.02. The first-order valence-electron chi connectivity index (χ1n) is 7.90. The van der Waals surface area contributed by atoms with Gasteiger partial charge in [0, 0.05) is 9.90 Å². The minimum Gasteiger partial charge on any atom is -0.482 e. The second kappa shape index (κ2) is 7.65. The van der Waals surface area contributed by atoms with Crippen molar-refractivity contribution in [3.63, 3.8) is 0 Å². The molecule has 0 saturated heterocycles. The molecule has 25 heavy (non-hydrogen) atoms. The molecule has 0 saturated carbocycles. The molecule has 4 nitrogen and oxygen atoms in total. The van der Waals surface area contributed by atoms with Gasteiger partial charge in [-0.05, 0) is 48.9 Å². The molecule has 1 aromatic heterocycles. The van der Waals surface area contributed by atoms with Gasteiger partial charge in [-0.2, -0.15) is 5.26 Å². The van der Waals surface area contributed by atoms with Gasteiger partial charge in [-0.3, -0.25) is 4.79 Å². The van der Waals surface area contributed by atoms with Crippen molar-refractivity contribution in [2.45, 2.75) is 26.2 Å². The topological polar surface area (TPSA) is 62.1 Å². The van der Waals surface area contributed by atoms with Crippen molar-refractivity contribution in [2.75, 3.05) is 11.9 Å². The highest BCUT2D eigenvalue weighted by molar-refractivity contribution is 7.16. The lowest BCUT2D eigenvalue weighted by Crippen LogP contribution is -2.20. The lowest BCUT2D eigenvalue weighted by molar-refractivity contribution is -0.118. The van der Waals surface area contributed by atoms with Gasteiger partial charge in [0.2, 0.25) is 0 Å². The fourth-order valence-corrected chi connectivity index (χ4v) is 4.70. The average Bonchev–Trinajstić information content (AvgIpc) is 2.89. The van der Waals surface area contributed by atoms with Gasteiger partial charge in [0.25, 0.3) is 5.91 Å². The average molecular weight is 395 g/mol. The summed E-state index contributed by atoms with van der Waals surface area (Å²) < 4.78 is 5.44. The minimum atomic E-state index is -0.325. The maximum atomic E-state index is 12.2. The lowest BCUT2D eigenvalue weighted by Gasteiger charge is -2.17. The van der Waals surface area contributed by atoms with Gasteiger partial charge in [-0.15, -0.1) is 11.3 Å². The number of amides is 1. The van der Waals surface area contributed by atoms with Gasteiger partial charge in [0.1, 0.15) is 16.8 Å². The number of nitriles is 1. The fourth-order valence-electron chi connectivity index (χ4n) is 2.86. The highest BCUT2D eigenvalue weighted by Crippen LogP contribution is 2.39. The van der Waals surface area contributed by atoms with E-state index in [1.54, 1.807) is 18.2 Å². The third kappa shape index (κ3) is 4.09. The highest BCUT2D eigenvalue weighted by atomic mass is 35.5. The Morgan fingerprint density at radius 2 is 2.28 bits per heavy atom. The molecule has 0 radical (unpaired) electrons. The van der Waals surface area contributed by atoms with Crippen LogP contribution in [0.5, 0.6) is 5.75 Å². The summed E-state index contributed by atoms with van der Waals surface area (Å²) in [6, 6.07) is 7.04. The van der Waals surface area contributed by atoms with Crippen LogP contribution in [-0.4, -0.2) is 12.5 Å². The predicted molar refractivity (Wildman–Crippen MR) is 101 cm³/mol. The molecule has 130 valence electrons. The molecule has 1 aromatic carbocycles. The Bertz CT molecular complexity index is 857. The van der Waals surface area contributed by atoms with E-state index in [1.807, 2.05) is 0 Å². The zero-order chi connectivity index (χ0) is 18.0. The SMILES string of the molecule is C[C@@H]1CCc2c(sc(NC(=O)COc3ccc(Cl)cc3Cl)c2C#N)C1. The van der Waals surface area contributed by atoms with Crippen LogP contribution in [0.1, 0.15) is 29.3 Å². The Hall–Kier alpha value is -1.74. The van der Waals surface area contributed by atoms with E-state index in [2.05, 4.69) is 18.3 Å². The molecule has 1 aliphatic carbocycles. The van der Waals surface area contributed by atoms with Crippen molar-refractivity contribution < 1.29 is 9.53 Å². The Morgan fingerprint density at radius 1 is 1.48 bits per heavy atom. The number of rotatable bonds is 4. The number of anilines is 1. The number of hydrogen-bond acceptors (Lipinski definition) is 4. The molecule has 1 amide bonds. The van der Waals surface area contributed by atoms with E-state index in [1.165, 1.54) is 16.2 Å². The normalized spacial score (nSPS) is 16.0. The molecule has 2 aromatic rings. The van der Waals surface area contributed by atoms with Crippen molar-refractivity contribution in [3.05, 3.63) is 44.2 Å². The number of carbonyl (C=O) groups is 1. The maximum absolute atomic E-state index is 12.2. The first-order chi connectivity index (χ1) is 12.0. The Morgan fingerprint density at radius 3 is 3.00 bits per heavy atom. The Kier molecular flexibility index (Phi) is 5.53. The lowest BCUT2D eigenvalue weighted by atomic mass is 9.89. The monoisotopic (exact) mass is 394 g/mol. The van der Waals surface area contributed by atoms with E-state index in [0.29, 0.717) is 32.3 Å². The van der Waals surface area contributed by atoms with Crippen LogP contribution in [0.3, 0.4) is 0 Å². The Balaban J connectivity index is 1.68. The summed E-state index contributed by atoms with van der Waals surface area (Å²) in [6.07, 6.45) is 2.92. The number of benzene rings is 1. The molecule has 7 heteroatoms. The van der Waals surface area contributed by atoms with Crippen LogP contribution in [0.4, 0.5) is 5.00 Å². The van der Waals surface area contributed by atoms with Gasteiger partial charge < -0.3 is 10.1 Å². The minimum absolute atomic E-state index is 0.189. The summed E-state index contributed by atoms with van der Waals surface area (Å²) >= 11 is 13.3. The smallest absolute Gasteiger partial charge is 0.262 e. The van der Waals surface area contributed by atoms with Crippen LogP contribution >= 0.6 is 34.5 Å². The molecule has 3 rings (SSSR count). The highest BCUT2D eigenvalue weighted by Gasteiger charge is 2.24. The molecule has 0 aliphatic heterocycles. The van der Waals surface area contributed by atoms with E-state index in [0.717, 1.165) is 24.8 Å². The summed E-state index contributed by atoms with van der Waals surface area (Å²) in [5.41, 5.74) is 1.67. The maximum Gasteiger partial charge on any atom is 0.262 e. The predicted octanol–water partition coefficient (Wildman–Crippen LogP) is 5.07. The number of halogens is 2. The third-order valence-electron chi connectivity index (χ3n) is 4.13. The first-order valence-corrected chi connectivity index (χ1v) is 9.47. The summed E-state index contributed by atoms with van der Waals surface area (Å²) in [7, 11) is 0. The molecule has 1 N–H and O–H groups in total. The van der Waals surface area contributed by atoms with E-state index in [4.69, 9.17) is 27.9 Å². The molecule has 0 unspecified atom stereocenters. The molecule has 0 fully saturated rings. The fraction of sp³-hybridized carbons (Fsp3) is 0.333. The second-order valence-corrected chi connectivity index (χ2v) is 8.03. The van der Waals surface area contributed by atoms with Gasteiger partial charge in [-0.25, -0.2) is 0 Å². The molecular weight excluding hydrogens is 379 g/mol. The molecule has 1 atom stereocenters. The van der Waals surface area contributed by atoms with Crippen molar-refractivity contribution in [3.8, 4) is 11.8 Å². The van der Waals surface area contributed by atoms with E-state index < -0.39 is 0 Å². The third-order valence-corrected chi connectivity index (χ3v) is 5.83. The van der Waals surface area contributed by atoms with E-state index >= 15 is 0 Å². The largest absolute Gasteiger partial charge is 0.482 e. The number of hydrogen-bond donors (Lipinski definition) is 1. The van der Waals surface area contributed by atoms with Crippen LogP contribution in [-0.2, 0) is 17.6 Å². The number of thiophene rings is 1. The molecule has 0 spiro atoms. The van der Waals surface area contributed by atoms with Crippen molar-refractivity contribution >= 4 is 45.4 Å². The van der Waals surface area contributed by atoms with Gasteiger partial charge in [0.15, 0.2) is 6.61 Å². The van der Waals surface area contributed by atoms with E-state index in [-0.39, 0.29) is 12.5 Å². The molecule has 1 heterocycles. The first kappa shape index (κ1) is 18.1. The van der Waals surface area contributed by atoms with Crippen molar-refractivity contribution in [2.24, 2.45) is 5.92 Å². The van der Waals surface area contributed by atoms with Gasteiger partial charge in [0.05, 0.1) is 10.6 Å². The van der Waals surface area contributed by atoms with E-state index in [9.17, 15) is 10.1 Å². The summed E-state index contributed by atoms with van der Waals surface area (Å²) in [5.74, 6) is 0.673. The molecule has 0 bridgehead atoms. The Labute approximate surface area is 160 Å². The second-order valence-electron chi connectivity index (χ2n) is 6.08. The summed E-state index contributed by atoms with van der Waals surface area (Å²) in [4.78, 5) is 13.4. The zero-order valence-corrected chi connectivity index (χ0v) is 15.9. The van der Waals surface area contributed by atoms with Crippen LogP contribution in [0.15, 0.2) is 18.2 Å². The number of ether oxygens (including phenoxy) is 1. The zero-order valence-electron chi connectivity index (χ0n) is 13.6. The van der Waals surface area contributed by atoms with Crippen LogP contribution < -0.4 is 10.1 Å².